The van der Waals surface area contributed by atoms with Gasteiger partial charge >= 0.3 is 0 Å². The Balaban J connectivity index is 1.99. The van der Waals surface area contributed by atoms with E-state index in [0.29, 0.717) is 12.0 Å². The van der Waals surface area contributed by atoms with Crippen molar-refractivity contribution >= 4 is 5.69 Å². The molecule has 4 heteroatoms. The Morgan fingerprint density at radius 1 is 1.56 bits per heavy atom. The number of anilines is 1. The largest absolute Gasteiger partial charge is 0.493 e. The molecule has 0 bridgehead atoms. The van der Waals surface area contributed by atoms with Crippen molar-refractivity contribution in [1.29, 1.82) is 0 Å². The SMILES string of the molecule is CCC1OCCC1CNc1cc(C)ncc1OC. The molecule has 2 heterocycles. The van der Waals surface area contributed by atoms with Crippen LogP contribution in [0.15, 0.2) is 12.3 Å². The van der Waals surface area contributed by atoms with E-state index in [1.807, 2.05) is 13.0 Å². The van der Waals surface area contributed by atoms with E-state index in [4.69, 9.17) is 9.47 Å². The van der Waals surface area contributed by atoms with E-state index in [2.05, 4.69) is 17.2 Å². The Kier molecular flexibility index (Phi) is 4.42. The molecule has 0 spiro atoms. The molecule has 0 aliphatic carbocycles. The molecule has 1 aliphatic rings. The highest BCUT2D eigenvalue weighted by Crippen LogP contribution is 2.27. The number of nitrogens with one attached hydrogen (secondary N) is 1. The molecule has 0 aromatic carbocycles. The second kappa shape index (κ2) is 6.05. The van der Waals surface area contributed by atoms with Gasteiger partial charge in [-0.15, -0.1) is 0 Å². The average molecular weight is 250 g/mol. The van der Waals surface area contributed by atoms with Gasteiger partial charge in [-0.3, -0.25) is 4.98 Å². The molecule has 1 saturated heterocycles. The summed E-state index contributed by atoms with van der Waals surface area (Å²) in [7, 11) is 1.67. The highest BCUT2D eigenvalue weighted by atomic mass is 16.5. The monoisotopic (exact) mass is 250 g/mol. The van der Waals surface area contributed by atoms with Crippen molar-refractivity contribution < 1.29 is 9.47 Å². The van der Waals surface area contributed by atoms with Crippen molar-refractivity contribution in [3.8, 4) is 5.75 Å². The zero-order valence-corrected chi connectivity index (χ0v) is 11.4. The first kappa shape index (κ1) is 13.1. The molecule has 1 aromatic rings. The molecule has 1 aliphatic heterocycles. The third kappa shape index (κ3) is 2.93. The molecule has 1 aromatic heterocycles. The normalized spacial score (nSPS) is 23.1. The fourth-order valence-electron chi connectivity index (χ4n) is 2.47. The van der Waals surface area contributed by atoms with Crippen LogP contribution in [0, 0.1) is 12.8 Å². The van der Waals surface area contributed by atoms with E-state index in [-0.39, 0.29) is 0 Å². The molecule has 0 amide bonds. The highest BCUT2D eigenvalue weighted by Gasteiger charge is 2.26. The van der Waals surface area contributed by atoms with Crippen molar-refractivity contribution in [2.45, 2.75) is 32.8 Å². The molecule has 4 nitrogen and oxygen atoms in total. The van der Waals surface area contributed by atoms with Gasteiger partial charge in [0.05, 0.1) is 25.1 Å². The number of pyridine rings is 1. The first-order valence-electron chi connectivity index (χ1n) is 6.60. The van der Waals surface area contributed by atoms with Crippen molar-refractivity contribution in [2.24, 2.45) is 5.92 Å². The Labute approximate surface area is 109 Å². The molecule has 2 unspecified atom stereocenters. The predicted octanol–water partition coefficient (Wildman–Crippen LogP) is 2.63. The summed E-state index contributed by atoms with van der Waals surface area (Å²) in [4.78, 5) is 4.23. The van der Waals surface area contributed by atoms with Gasteiger partial charge in [0.15, 0.2) is 5.75 Å². The van der Waals surface area contributed by atoms with Crippen LogP contribution in [0.1, 0.15) is 25.5 Å². The lowest BCUT2D eigenvalue weighted by Gasteiger charge is -2.19. The summed E-state index contributed by atoms with van der Waals surface area (Å²) < 4.78 is 11.0. The molecule has 1 fully saturated rings. The van der Waals surface area contributed by atoms with Crippen LogP contribution in [0.3, 0.4) is 0 Å². The average Bonchev–Trinajstić information content (AvgIpc) is 2.84. The van der Waals surface area contributed by atoms with Crippen LogP contribution in [-0.2, 0) is 4.74 Å². The maximum absolute atomic E-state index is 5.70. The first-order valence-corrected chi connectivity index (χ1v) is 6.60. The standard InChI is InChI=1S/C14H22N2O2/c1-4-13-11(5-6-18-13)8-16-12-7-10(2)15-9-14(12)17-3/h7,9,11,13H,4-6,8H2,1-3H3,(H,15,16). The van der Waals surface area contributed by atoms with Crippen LogP contribution >= 0.6 is 0 Å². The summed E-state index contributed by atoms with van der Waals surface area (Å²) in [5, 5.41) is 3.47. The molecular weight excluding hydrogens is 228 g/mol. The summed E-state index contributed by atoms with van der Waals surface area (Å²) in [6, 6.07) is 2.02. The van der Waals surface area contributed by atoms with Crippen molar-refractivity contribution in [3.63, 3.8) is 0 Å². The minimum absolute atomic E-state index is 0.395. The number of aromatic nitrogens is 1. The predicted molar refractivity (Wildman–Crippen MR) is 72.2 cm³/mol. The van der Waals surface area contributed by atoms with Crippen LogP contribution in [0.4, 0.5) is 5.69 Å². The van der Waals surface area contributed by atoms with E-state index in [1.54, 1.807) is 13.3 Å². The third-order valence-electron chi connectivity index (χ3n) is 3.53. The van der Waals surface area contributed by atoms with E-state index in [1.165, 1.54) is 0 Å². The van der Waals surface area contributed by atoms with Crippen molar-refractivity contribution in [2.75, 3.05) is 25.6 Å². The van der Waals surface area contributed by atoms with Gasteiger partial charge < -0.3 is 14.8 Å². The number of hydrogen-bond acceptors (Lipinski definition) is 4. The van der Waals surface area contributed by atoms with Crippen LogP contribution in [0.25, 0.3) is 0 Å². The number of rotatable bonds is 5. The lowest BCUT2D eigenvalue weighted by molar-refractivity contribution is 0.0900. The lowest BCUT2D eigenvalue weighted by atomic mass is 9.99. The van der Waals surface area contributed by atoms with E-state index in [9.17, 15) is 0 Å². The van der Waals surface area contributed by atoms with Crippen molar-refractivity contribution in [1.82, 2.24) is 4.98 Å². The fraction of sp³-hybridized carbons (Fsp3) is 0.643. The molecule has 1 N–H and O–H groups in total. The van der Waals surface area contributed by atoms with Gasteiger partial charge in [-0.1, -0.05) is 6.92 Å². The fourth-order valence-corrected chi connectivity index (χ4v) is 2.47. The maximum atomic E-state index is 5.70. The molecule has 0 saturated carbocycles. The quantitative estimate of drug-likeness (QED) is 0.872. The number of nitrogens with zero attached hydrogens (tertiary/aromatic N) is 1. The van der Waals surface area contributed by atoms with Gasteiger partial charge in [0.2, 0.25) is 0 Å². The van der Waals surface area contributed by atoms with Crippen LogP contribution in [0.5, 0.6) is 5.75 Å². The summed E-state index contributed by atoms with van der Waals surface area (Å²) in [6.07, 6.45) is 4.38. The Hall–Kier alpha value is -1.29. The van der Waals surface area contributed by atoms with E-state index in [0.717, 1.165) is 43.1 Å². The first-order chi connectivity index (χ1) is 8.74. The second-order valence-electron chi connectivity index (χ2n) is 4.77. The number of aryl methyl sites for hydroxylation is 1. The summed E-state index contributed by atoms with van der Waals surface area (Å²) in [5.41, 5.74) is 2.01. The van der Waals surface area contributed by atoms with Gasteiger partial charge in [-0.25, -0.2) is 0 Å². The highest BCUT2D eigenvalue weighted by molar-refractivity contribution is 5.55. The topological polar surface area (TPSA) is 43.4 Å². The van der Waals surface area contributed by atoms with Gasteiger partial charge in [-0.05, 0) is 25.8 Å². The molecule has 100 valence electrons. The van der Waals surface area contributed by atoms with Gasteiger partial charge in [-0.2, -0.15) is 0 Å². The summed E-state index contributed by atoms with van der Waals surface area (Å²) in [5.74, 6) is 1.39. The summed E-state index contributed by atoms with van der Waals surface area (Å²) in [6.45, 7) is 5.98. The van der Waals surface area contributed by atoms with Gasteiger partial charge in [0, 0.05) is 24.8 Å². The second-order valence-corrected chi connectivity index (χ2v) is 4.77. The molecule has 0 radical (unpaired) electrons. The zero-order chi connectivity index (χ0) is 13.0. The number of hydrogen-bond donors (Lipinski definition) is 1. The van der Waals surface area contributed by atoms with E-state index >= 15 is 0 Å². The Bertz CT molecular complexity index is 395. The van der Waals surface area contributed by atoms with Gasteiger partial charge in [0.25, 0.3) is 0 Å². The van der Waals surface area contributed by atoms with Crippen molar-refractivity contribution in [3.05, 3.63) is 18.0 Å². The zero-order valence-electron chi connectivity index (χ0n) is 11.4. The smallest absolute Gasteiger partial charge is 0.160 e. The van der Waals surface area contributed by atoms with Crippen LogP contribution in [-0.4, -0.2) is 31.3 Å². The molecule has 2 rings (SSSR count). The molecule has 2 atom stereocenters. The molecule has 18 heavy (non-hydrogen) atoms. The van der Waals surface area contributed by atoms with Crippen LogP contribution < -0.4 is 10.1 Å². The maximum Gasteiger partial charge on any atom is 0.160 e. The van der Waals surface area contributed by atoms with Crippen LogP contribution in [0.2, 0.25) is 0 Å². The number of ether oxygens (including phenoxy) is 2. The number of methoxy groups -OCH3 is 1. The minimum atomic E-state index is 0.395. The summed E-state index contributed by atoms with van der Waals surface area (Å²) >= 11 is 0. The Morgan fingerprint density at radius 2 is 2.39 bits per heavy atom. The Morgan fingerprint density at radius 3 is 3.11 bits per heavy atom. The minimum Gasteiger partial charge on any atom is -0.493 e. The van der Waals surface area contributed by atoms with Gasteiger partial charge in [0.1, 0.15) is 0 Å². The molecular formula is C14H22N2O2. The third-order valence-corrected chi connectivity index (χ3v) is 3.53. The van der Waals surface area contributed by atoms with E-state index < -0.39 is 0 Å². The lowest BCUT2D eigenvalue weighted by Crippen LogP contribution is -2.23.